The van der Waals surface area contributed by atoms with Gasteiger partial charge in [-0.3, -0.25) is 4.90 Å². The highest BCUT2D eigenvalue weighted by molar-refractivity contribution is 5.85. The Morgan fingerprint density at radius 1 is 1.29 bits per heavy atom. The lowest BCUT2D eigenvalue weighted by atomic mass is 9.94. The van der Waals surface area contributed by atoms with E-state index in [0.717, 1.165) is 51.0 Å². The lowest BCUT2D eigenvalue weighted by Crippen LogP contribution is -2.38. The number of hydrogen-bond donors (Lipinski definition) is 1. The Labute approximate surface area is 132 Å². The zero-order valence-corrected chi connectivity index (χ0v) is 13.6. The Bertz CT molecular complexity index is 434. The first-order valence-corrected chi connectivity index (χ1v) is 7.51. The zero-order valence-electron chi connectivity index (χ0n) is 12.7. The fourth-order valence-corrected chi connectivity index (χ4v) is 2.93. The van der Waals surface area contributed by atoms with E-state index in [1.165, 1.54) is 6.07 Å². The maximum atomic E-state index is 13.8. The molecule has 1 saturated heterocycles. The van der Waals surface area contributed by atoms with Gasteiger partial charge in [-0.25, -0.2) is 8.78 Å². The van der Waals surface area contributed by atoms with Crippen molar-refractivity contribution in [2.45, 2.75) is 32.7 Å². The molecule has 1 aromatic carbocycles. The van der Waals surface area contributed by atoms with E-state index in [0.29, 0.717) is 5.56 Å². The van der Waals surface area contributed by atoms with Crippen molar-refractivity contribution in [2.75, 3.05) is 26.2 Å². The average molecular weight is 319 g/mol. The van der Waals surface area contributed by atoms with E-state index in [9.17, 15) is 8.78 Å². The number of piperidine rings is 1. The fraction of sp³-hybridized carbons (Fsp3) is 0.625. The van der Waals surface area contributed by atoms with Gasteiger partial charge in [0.15, 0.2) is 0 Å². The zero-order chi connectivity index (χ0) is 14.5. The number of rotatable bonds is 5. The molecule has 1 atom stereocenters. The third kappa shape index (κ3) is 4.90. The molecule has 0 aliphatic carbocycles. The highest BCUT2D eigenvalue weighted by Crippen LogP contribution is 2.28. The van der Waals surface area contributed by atoms with Crippen LogP contribution in [0.25, 0.3) is 0 Å². The van der Waals surface area contributed by atoms with Crippen LogP contribution in [-0.4, -0.2) is 31.1 Å². The van der Waals surface area contributed by atoms with Gasteiger partial charge in [0, 0.05) is 17.7 Å². The smallest absolute Gasteiger partial charge is 0.130 e. The second-order valence-electron chi connectivity index (χ2n) is 5.63. The number of benzene rings is 1. The van der Waals surface area contributed by atoms with Gasteiger partial charge in [0.05, 0.1) is 0 Å². The number of halogens is 3. The molecule has 0 bridgehead atoms. The summed E-state index contributed by atoms with van der Waals surface area (Å²) in [6, 6.07) is 3.90. The summed E-state index contributed by atoms with van der Waals surface area (Å²) in [6.45, 7) is 8.17. The lowest BCUT2D eigenvalue weighted by molar-refractivity contribution is 0.138. The predicted molar refractivity (Wildman–Crippen MR) is 84.9 cm³/mol. The Morgan fingerprint density at radius 2 is 1.95 bits per heavy atom. The quantitative estimate of drug-likeness (QED) is 0.889. The number of likely N-dealkylation sites (tertiary alicyclic amines) is 1. The van der Waals surface area contributed by atoms with Crippen molar-refractivity contribution in [1.29, 1.82) is 0 Å². The average Bonchev–Trinajstić information content (AvgIpc) is 2.45. The van der Waals surface area contributed by atoms with E-state index >= 15 is 0 Å². The Kier molecular flexibility index (Phi) is 7.57. The minimum Gasteiger partial charge on any atom is -0.317 e. The van der Waals surface area contributed by atoms with Crippen LogP contribution in [0.4, 0.5) is 8.78 Å². The van der Waals surface area contributed by atoms with Gasteiger partial charge in [-0.05, 0) is 57.9 Å². The Balaban J connectivity index is 0.00000220. The van der Waals surface area contributed by atoms with E-state index < -0.39 is 11.6 Å². The second kappa shape index (κ2) is 8.66. The molecule has 0 amide bonds. The van der Waals surface area contributed by atoms with Crippen LogP contribution in [0.15, 0.2) is 18.2 Å². The van der Waals surface area contributed by atoms with Crippen LogP contribution >= 0.6 is 12.4 Å². The van der Waals surface area contributed by atoms with Crippen molar-refractivity contribution in [2.24, 2.45) is 5.92 Å². The molecule has 0 aromatic heterocycles. The third-order valence-corrected chi connectivity index (χ3v) is 4.29. The summed E-state index contributed by atoms with van der Waals surface area (Å²) in [5.74, 6) is -0.230. The maximum absolute atomic E-state index is 13.8. The van der Waals surface area contributed by atoms with Crippen molar-refractivity contribution in [1.82, 2.24) is 10.2 Å². The lowest BCUT2D eigenvalue weighted by Gasteiger charge is -2.36. The van der Waals surface area contributed by atoms with Crippen LogP contribution < -0.4 is 5.32 Å². The topological polar surface area (TPSA) is 15.3 Å². The number of hydrogen-bond acceptors (Lipinski definition) is 2. The Hall–Kier alpha value is -0.710. The molecule has 1 fully saturated rings. The van der Waals surface area contributed by atoms with Crippen molar-refractivity contribution in [3.05, 3.63) is 35.4 Å². The Morgan fingerprint density at radius 3 is 2.52 bits per heavy atom. The summed E-state index contributed by atoms with van der Waals surface area (Å²) >= 11 is 0. The third-order valence-electron chi connectivity index (χ3n) is 4.29. The van der Waals surface area contributed by atoms with Crippen LogP contribution in [0.2, 0.25) is 0 Å². The van der Waals surface area contributed by atoms with E-state index in [2.05, 4.69) is 17.1 Å². The highest BCUT2D eigenvalue weighted by Gasteiger charge is 2.24. The van der Waals surface area contributed by atoms with Gasteiger partial charge in [0.25, 0.3) is 0 Å². The molecule has 0 saturated carbocycles. The van der Waals surface area contributed by atoms with E-state index in [1.54, 1.807) is 6.07 Å². The van der Waals surface area contributed by atoms with Gasteiger partial charge in [-0.1, -0.05) is 13.0 Å². The van der Waals surface area contributed by atoms with Crippen molar-refractivity contribution in [3.8, 4) is 0 Å². The van der Waals surface area contributed by atoms with Crippen molar-refractivity contribution >= 4 is 12.4 Å². The van der Waals surface area contributed by atoms with Crippen molar-refractivity contribution < 1.29 is 8.78 Å². The second-order valence-corrected chi connectivity index (χ2v) is 5.63. The van der Waals surface area contributed by atoms with Gasteiger partial charge in [-0.15, -0.1) is 12.4 Å². The largest absolute Gasteiger partial charge is 0.317 e. The molecule has 1 heterocycles. The first-order chi connectivity index (χ1) is 9.61. The van der Waals surface area contributed by atoms with Crippen LogP contribution in [-0.2, 0) is 0 Å². The summed E-state index contributed by atoms with van der Waals surface area (Å²) in [7, 11) is 0. The molecule has 1 unspecified atom stereocenters. The summed E-state index contributed by atoms with van der Waals surface area (Å²) in [4.78, 5) is 2.29. The van der Waals surface area contributed by atoms with Crippen LogP contribution in [0.1, 0.15) is 38.3 Å². The van der Waals surface area contributed by atoms with Crippen LogP contribution in [0.3, 0.4) is 0 Å². The molecule has 1 aliphatic heterocycles. The van der Waals surface area contributed by atoms with Gasteiger partial charge < -0.3 is 5.32 Å². The summed E-state index contributed by atoms with van der Waals surface area (Å²) in [5.41, 5.74) is 0.594. The SMILES string of the molecule is CCNCC1CCN(C(C)c2ccc(F)cc2F)CC1.Cl. The molecule has 1 N–H and O–H groups in total. The summed E-state index contributed by atoms with van der Waals surface area (Å²) < 4.78 is 26.8. The fourth-order valence-electron chi connectivity index (χ4n) is 2.93. The van der Waals surface area contributed by atoms with Crippen LogP contribution in [0.5, 0.6) is 0 Å². The minimum atomic E-state index is -0.511. The monoisotopic (exact) mass is 318 g/mol. The molecule has 0 radical (unpaired) electrons. The normalized spacial score (nSPS) is 18.3. The first kappa shape index (κ1) is 18.3. The summed E-state index contributed by atoms with van der Waals surface area (Å²) in [6.07, 6.45) is 2.28. The van der Waals surface area contributed by atoms with Gasteiger partial charge in [0.2, 0.25) is 0 Å². The van der Waals surface area contributed by atoms with E-state index in [1.807, 2.05) is 6.92 Å². The van der Waals surface area contributed by atoms with Gasteiger partial charge in [-0.2, -0.15) is 0 Å². The molecule has 120 valence electrons. The molecule has 1 aromatic rings. The molecule has 2 rings (SSSR count). The number of nitrogens with one attached hydrogen (secondary N) is 1. The molecule has 21 heavy (non-hydrogen) atoms. The number of nitrogens with zero attached hydrogens (tertiary/aromatic N) is 1. The molecule has 0 spiro atoms. The van der Waals surface area contributed by atoms with Crippen LogP contribution in [0, 0.1) is 17.6 Å². The minimum absolute atomic E-state index is 0. The molecular formula is C16H25ClF2N2. The molecule has 1 aliphatic rings. The van der Waals surface area contributed by atoms with E-state index in [-0.39, 0.29) is 18.4 Å². The molecule has 5 heteroatoms. The predicted octanol–water partition coefficient (Wildman–Crippen LogP) is 3.77. The maximum Gasteiger partial charge on any atom is 0.130 e. The standard InChI is InChI=1S/C16H24F2N2.ClH/c1-3-19-11-13-6-8-20(9-7-13)12(2)15-5-4-14(17)10-16(15)18;/h4-5,10,12-13,19H,3,6-9,11H2,1-2H3;1H. The van der Waals surface area contributed by atoms with E-state index in [4.69, 9.17) is 0 Å². The van der Waals surface area contributed by atoms with Gasteiger partial charge >= 0.3 is 0 Å². The summed E-state index contributed by atoms with van der Waals surface area (Å²) in [5, 5.41) is 3.39. The molecule has 2 nitrogen and oxygen atoms in total. The highest BCUT2D eigenvalue weighted by atomic mass is 35.5. The first-order valence-electron chi connectivity index (χ1n) is 7.51. The van der Waals surface area contributed by atoms with Crippen molar-refractivity contribution in [3.63, 3.8) is 0 Å². The van der Waals surface area contributed by atoms with Gasteiger partial charge in [0.1, 0.15) is 11.6 Å². The molecular weight excluding hydrogens is 294 g/mol.